The number of likely N-dealkylation sites (tertiary alicyclic amines) is 1. The first kappa shape index (κ1) is 17.6. The van der Waals surface area contributed by atoms with Crippen LogP contribution in [0.2, 0.25) is 0 Å². The lowest BCUT2D eigenvalue weighted by Gasteiger charge is -2.60. The number of anilines is 3. The molecule has 0 aliphatic carbocycles. The topological polar surface area (TPSA) is 79.0 Å². The summed E-state index contributed by atoms with van der Waals surface area (Å²) in [6.07, 6.45) is -0.299. The van der Waals surface area contributed by atoms with E-state index in [-0.39, 0.29) is 11.5 Å². The minimum Gasteiger partial charge on any atom is -0.444 e. The minimum atomic E-state index is -0.507. The van der Waals surface area contributed by atoms with Gasteiger partial charge in [0, 0.05) is 37.3 Å². The van der Waals surface area contributed by atoms with E-state index in [1.54, 1.807) is 4.90 Å². The van der Waals surface area contributed by atoms with E-state index in [1.165, 1.54) is 0 Å². The molecule has 0 saturated carbocycles. The van der Waals surface area contributed by atoms with E-state index in [1.807, 2.05) is 56.0 Å². The number of nitrogens with one attached hydrogen (secondary N) is 1. The Bertz CT molecular complexity index is 940. The molecule has 2 aliphatic heterocycles. The smallest absolute Gasteiger partial charge is 0.410 e. The van der Waals surface area contributed by atoms with Crippen molar-refractivity contribution in [1.29, 1.82) is 0 Å². The maximum atomic E-state index is 12.1. The fourth-order valence-electron chi connectivity index (χ4n) is 3.80. The highest BCUT2D eigenvalue weighted by Crippen LogP contribution is 2.43. The Labute approximate surface area is 157 Å². The number of hydrogen-bond acceptors (Lipinski definition) is 6. The molecule has 27 heavy (non-hydrogen) atoms. The van der Waals surface area contributed by atoms with Gasteiger partial charge in [-0.15, -0.1) is 0 Å². The second kappa shape index (κ2) is 5.84. The highest BCUT2D eigenvalue weighted by molar-refractivity contribution is 5.80. The van der Waals surface area contributed by atoms with Gasteiger partial charge in [-0.25, -0.2) is 4.79 Å². The van der Waals surface area contributed by atoms with Crippen LogP contribution in [-0.4, -0.2) is 42.8 Å². The van der Waals surface area contributed by atoms with Gasteiger partial charge in [0.15, 0.2) is 0 Å². The van der Waals surface area contributed by atoms with Gasteiger partial charge in [0.25, 0.3) is 10.9 Å². The molecule has 2 heterocycles. The first-order chi connectivity index (χ1) is 12.7. The van der Waals surface area contributed by atoms with E-state index in [2.05, 4.69) is 5.32 Å². The zero-order valence-corrected chi connectivity index (χ0v) is 15.7. The van der Waals surface area contributed by atoms with Crippen LogP contribution in [0.15, 0.2) is 39.9 Å². The lowest BCUT2D eigenvalue weighted by molar-refractivity contribution is -0.0453. The molecular weight excluding hydrogens is 346 g/mol. The Morgan fingerprint density at radius 1 is 1.04 bits per heavy atom. The predicted molar refractivity (Wildman–Crippen MR) is 104 cm³/mol. The van der Waals surface area contributed by atoms with E-state index in [0.717, 1.165) is 5.69 Å². The average molecular weight is 369 g/mol. The molecule has 7 nitrogen and oxygen atoms in total. The van der Waals surface area contributed by atoms with Gasteiger partial charge < -0.3 is 19.9 Å². The number of ether oxygens (including phenoxy) is 1. The number of rotatable bonds is 3. The summed E-state index contributed by atoms with van der Waals surface area (Å²) in [6, 6.07) is 9.32. The number of hydrogen-bond donors (Lipinski definition) is 1. The molecule has 2 aromatic rings. The van der Waals surface area contributed by atoms with Crippen LogP contribution in [0.5, 0.6) is 0 Å². The summed E-state index contributed by atoms with van der Waals surface area (Å²) in [5, 5.41) is 3.06. The first-order valence-electron chi connectivity index (χ1n) is 9.06. The normalized spacial score (nSPS) is 18.2. The van der Waals surface area contributed by atoms with Crippen LogP contribution in [-0.2, 0) is 4.74 Å². The third-order valence-electron chi connectivity index (χ3n) is 5.00. The molecule has 0 atom stereocenters. The number of carbonyl (C=O) groups excluding carboxylic acids is 1. The minimum absolute atomic E-state index is 0.000673. The van der Waals surface area contributed by atoms with Crippen molar-refractivity contribution in [1.82, 2.24) is 4.90 Å². The molecule has 2 fully saturated rings. The van der Waals surface area contributed by atoms with Gasteiger partial charge in [-0.2, -0.15) is 0 Å². The lowest BCUT2D eigenvalue weighted by atomic mass is 9.72. The van der Waals surface area contributed by atoms with E-state index in [0.29, 0.717) is 37.6 Å². The van der Waals surface area contributed by atoms with Gasteiger partial charge in [-0.1, -0.05) is 18.2 Å². The van der Waals surface area contributed by atoms with Gasteiger partial charge in [0.1, 0.15) is 17.0 Å². The average Bonchev–Trinajstić information content (AvgIpc) is 2.53. The van der Waals surface area contributed by atoms with Crippen molar-refractivity contribution in [2.45, 2.75) is 26.4 Å². The molecule has 4 rings (SSSR count). The molecular formula is C20H23N3O4. The third-order valence-corrected chi connectivity index (χ3v) is 5.00. The highest BCUT2D eigenvalue weighted by Gasteiger charge is 2.55. The Hall–Kier alpha value is -2.83. The molecule has 142 valence electrons. The molecule has 0 aromatic heterocycles. The number of nitrogens with zero attached hydrogens (tertiary/aromatic N) is 2. The SMILES string of the molecule is CC(C)(C)OC(=O)N1CC2(C1)CN(c1c(Nc3ccccc3)c(=O)c1=O)C2. The first-order valence-corrected chi connectivity index (χ1v) is 9.06. The van der Waals surface area contributed by atoms with Crippen molar-refractivity contribution >= 4 is 23.2 Å². The summed E-state index contributed by atoms with van der Waals surface area (Å²) in [7, 11) is 0. The standard InChI is InChI=1S/C20H23N3O4/c1-19(2,3)27-18(26)23-11-20(12-23)9-22(10-20)15-14(16(24)17(15)25)21-13-7-5-4-6-8-13/h4-8,21H,9-12H2,1-3H3. The van der Waals surface area contributed by atoms with Gasteiger partial charge in [0.05, 0.1) is 0 Å². The Morgan fingerprint density at radius 2 is 1.67 bits per heavy atom. The van der Waals surface area contributed by atoms with Crippen LogP contribution < -0.4 is 21.1 Å². The van der Waals surface area contributed by atoms with Crippen LogP contribution in [0.25, 0.3) is 0 Å². The van der Waals surface area contributed by atoms with Crippen molar-refractivity contribution in [2.75, 3.05) is 36.4 Å². The fraction of sp³-hybridized carbons (Fsp3) is 0.450. The Balaban J connectivity index is 1.38. The number of amides is 1. The Kier molecular flexibility index (Phi) is 3.80. The van der Waals surface area contributed by atoms with Crippen LogP contribution in [0.4, 0.5) is 21.9 Å². The molecule has 1 spiro atoms. The van der Waals surface area contributed by atoms with Crippen molar-refractivity contribution < 1.29 is 9.53 Å². The maximum absolute atomic E-state index is 12.1. The quantitative estimate of drug-likeness (QED) is 0.835. The van der Waals surface area contributed by atoms with Crippen LogP contribution in [0, 0.1) is 5.41 Å². The van der Waals surface area contributed by atoms with E-state index in [9.17, 15) is 14.4 Å². The highest BCUT2D eigenvalue weighted by atomic mass is 16.6. The summed E-state index contributed by atoms with van der Waals surface area (Å²) in [6.45, 7) is 8.11. The summed E-state index contributed by atoms with van der Waals surface area (Å²) >= 11 is 0. The van der Waals surface area contributed by atoms with Crippen molar-refractivity contribution in [2.24, 2.45) is 5.41 Å². The summed E-state index contributed by atoms with van der Waals surface area (Å²) in [5.74, 6) is 0. The number of carbonyl (C=O) groups is 1. The van der Waals surface area contributed by atoms with Crippen LogP contribution >= 0.6 is 0 Å². The molecule has 2 saturated heterocycles. The van der Waals surface area contributed by atoms with Crippen molar-refractivity contribution in [3.63, 3.8) is 0 Å². The molecule has 0 bridgehead atoms. The lowest BCUT2D eigenvalue weighted by Crippen LogP contribution is -2.74. The van der Waals surface area contributed by atoms with Crippen LogP contribution in [0.1, 0.15) is 20.8 Å². The maximum Gasteiger partial charge on any atom is 0.410 e. The Morgan fingerprint density at radius 3 is 2.26 bits per heavy atom. The predicted octanol–water partition coefficient (Wildman–Crippen LogP) is 2.08. The molecule has 0 unspecified atom stereocenters. The van der Waals surface area contributed by atoms with Gasteiger partial charge >= 0.3 is 6.09 Å². The van der Waals surface area contributed by atoms with Gasteiger partial charge in [0.2, 0.25) is 0 Å². The van der Waals surface area contributed by atoms with Crippen LogP contribution in [0.3, 0.4) is 0 Å². The summed E-state index contributed by atoms with van der Waals surface area (Å²) in [5.41, 5.74) is 0.189. The molecule has 7 heteroatoms. The largest absolute Gasteiger partial charge is 0.444 e. The van der Waals surface area contributed by atoms with Crippen molar-refractivity contribution in [3.8, 4) is 0 Å². The fourth-order valence-corrected chi connectivity index (χ4v) is 3.80. The monoisotopic (exact) mass is 369 g/mol. The molecule has 2 aromatic carbocycles. The second-order valence-corrected chi connectivity index (χ2v) is 8.57. The van der Waals surface area contributed by atoms with E-state index < -0.39 is 16.5 Å². The molecule has 1 N–H and O–H groups in total. The molecule has 1 amide bonds. The third kappa shape index (κ3) is 3.07. The summed E-state index contributed by atoms with van der Waals surface area (Å²) in [4.78, 5) is 39.7. The molecule has 2 aliphatic rings. The second-order valence-electron chi connectivity index (χ2n) is 8.57. The van der Waals surface area contributed by atoms with E-state index >= 15 is 0 Å². The number of para-hydroxylation sites is 1. The van der Waals surface area contributed by atoms with Gasteiger partial charge in [-0.3, -0.25) is 9.59 Å². The summed E-state index contributed by atoms with van der Waals surface area (Å²) < 4.78 is 5.38. The van der Waals surface area contributed by atoms with Gasteiger partial charge in [-0.05, 0) is 32.9 Å². The molecule has 0 radical (unpaired) electrons. The zero-order valence-electron chi connectivity index (χ0n) is 15.7. The van der Waals surface area contributed by atoms with Crippen molar-refractivity contribution in [3.05, 3.63) is 50.8 Å². The number of benzene rings is 1. The zero-order chi connectivity index (χ0) is 19.4. The van der Waals surface area contributed by atoms with E-state index in [4.69, 9.17) is 4.74 Å².